The molecule has 2 nitrogen and oxygen atoms in total. The zero-order valence-corrected chi connectivity index (χ0v) is 15.3. The van der Waals surface area contributed by atoms with Gasteiger partial charge in [0, 0.05) is 25.2 Å². The maximum absolute atomic E-state index is 2.70. The largest absolute Gasteiger partial charge is 0.300 e. The van der Waals surface area contributed by atoms with E-state index in [9.17, 15) is 0 Å². The number of hydrogen-bond acceptors (Lipinski definition) is 2. The summed E-state index contributed by atoms with van der Waals surface area (Å²) in [4.78, 5) is 5.37. The quantitative estimate of drug-likeness (QED) is 0.760. The average Bonchev–Trinajstić information content (AvgIpc) is 2.21. The highest BCUT2D eigenvalue weighted by atomic mass is 15.3. The summed E-state index contributed by atoms with van der Waals surface area (Å²) in [6.45, 7) is 25.1. The summed E-state index contributed by atoms with van der Waals surface area (Å²) < 4.78 is 0. The van der Waals surface area contributed by atoms with E-state index in [1.54, 1.807) is 0 Å². The first-order valence-electron chi connectivity index (χ1n) is 8.37. The highest BCUT2D eigenvalue weighted by Crippen LogP contribution is 2.26. The molecule has 2 heteroatoms. The average molecular weight is 283 g/mol. The number of piperazine rings is 1. The molecule has 0 spiro atoms. The summed E-state index contributed by atoms with van der Waals surface area (Å²) in [6, 6.07) is 0. The molecule has 1 rings (SSSR count). The molecule has 0 unspecified atom stereocenters. The molecule has 1 heterocycles. The topological polar surface area (TPSA) is 6.48 Å². The lowest BCUT2D eigenvalue weighted by Gasteiger charge is -2.48. The molecule has 0 radical (unpaired) electrons. The summed E-state index contributed by atoms with van der Waals surface area (Å²) >= 11 is 0. The summed E-state index contributed by atoms with van der Waals surface area (Å²) in [5.74, 6) is 0. The molecule has 0 aromatic rings. The van der Waals surface area contributed by atoms with E-state index in [0.717, 1.165) is 0 Å². The highest BCUT2D eigenvalue weighted by molar-refractivity contribution is 4.90. The fourth-order valence-corrected chi connectivity index (χ4v) is 2.86. The van der Waals surface area contributed by atoms with Crippen LogP contribution >= 0.6 is 0 Å². The Labute approximate surface area is 127 Å². The summed E-state index contributed by atoms with van der Waals surface area (Å²) in [6.07, 6.45) is 2.59. The first-order chi connectivity index (χ1) is 8.89. The Balaban J connectivity index is 2.46. The van der Waals surface area contributed by atoms with E-state index >= 15 is 0 Å². The minimum atomic E-state index is 0.321. The van der Waals surface area contributed by atoms with Crippen molar-refractivity contribution in [2.75, 3.05) is 32.7 Å². The fourth-order valence-electron chi connectivity index (χ4n) is 2.86. The third kappa shape index (κ3) is 6.58. The summed E-state index contributed by atoms with van der Waals surface area (Å²) in [5, 5.41) is 0. The van der Waals surface area contributed by atoms with Gasteiger partial charge in [0.1, 0.15) is 0 Å². The van der Waals surface area contributed by atoms with Gasteiger partial charge in [-0.3, -0.25) is 4.90 Å². The molecule has 0 aliphatic carbocycles. The Morgan fingerprint density at radius 2 is 1.30 bits per heavy atom. The first-order valence-corrected chi connectivity index (χ1v) is 8.37. The second kappa shape index (κ2) is 6.36. The van der Waals surface area contributed by atoms with E-state index in [1.807, 2.05) is 0 Å². The van der Waals surface area contributed by atoms with Gasteiger partial charge in [-0.1, -0.05) is 41.5 Å². The van der Waals surface area contributed by atoms with Crippen molar-refractivity contribution in [2.45, 2.75) is 73.8 Å². The standard InChI is InChI=1S/C18H38N2/c1-16(2,3)9-11-19-13-14-20(18(7,8)15-19)12-10-17(4,5)6/h9-15H2,1-8H3. The monoisotopic (exact) mass is 282 g/mol. The van der Waals surface area contributed by atoms with E-state index in [4.69, 9.17) is 0 Å². The smallest absolute Gasteiger partial charge is 0.0280 e. The Morgan fingerprint density at radius 3 is 1.75 bits per heavy atom. The minimum absolute atomic E-state index is 0.321. The van der Waals surface area contributed by atoms with Crippen LogP contribution in [0.15, 0.2) is 0 Å². The molecule has 1 aliphatic heterocycles. The molecule has 20 heavy (non-hydrogen) atoms. The second-order valence-corrected chi connectivity index (χ2v) is 9.70. The minimum Gasteiger partial charge on any atom is -0.300 e. The van der Waals surface area contributed by atoms with Gasteiger partial charge in [-0.15, -0.1) is 0 Å². The van der Waals surface area contributed by atoms with Crippen molar-refractivity contribution >= 4 is 0 Å². The molecule has 1 saturated heterocycles. The molecule has 0 aromatic heterocycles. The van der Waals surface area contributed by atoms with Gasteiger partial charge >= 0.3 is 0 Å². The van der Waals surface area contributed by atoms with Crippen molar-refractivity contribution in [3.05, 3.63) is 0 Å². The molecule has 0 bridgehead atoms. The normalized spacial score (nSPS) is 22.2. The van der Waals surface area contributed by atoms with E-state index < -0.39 is 0 Å². The van der Waals surface area contributed by atoms with Crippen LogP contribution in [0.3, 0.4) is 0 Å². The summed E-state index contributed by atoms with van der Waals surface area (Å²) in [5.41, 5.74) is 1.22. The van der Waals surface area contributed by atoms with Gasteiger partial charge in [-0.25, -0.2) is 0 Å². The molecule has 0 saturated carbocycles. The Morgan fingerprint density at radius 1 is 0.800 bits per heavy atom. The molecule has 1 aliphatic rings. The van der Waals surface area contributed by atoms with Crippen LogP contribution in [-0.2, 0) is 0 Å². The van der Waals surface area contributed by atoms with Crippen LogP contribution in [0.4, 0.5) is 0 Å². The molecular weight excluding hydrogens is 244 g/mol. The zero-order valence-electron chi connectivity index (χ0n) is 15.3. The molecular formula is C18H38N2. The van der Waals surface area contributed by atoms with E-state index in [2.05, 4.69) is 65.2 Å². The van der Waals surface area contributed by atoms with Crippen LogP contribution in [0.2, 0.25) is 0 Å². The molecule has 120 valence electrons. The third-order valence-corrected chi connectivity index (χ3v) is 4.46. The fraction of sp³-hybridized carbons (Fsp3) is 1.00. The predicted octanol–water partition coefficient (Wildman–Crippen LogP) is 4.26. The lowest BCUT2D eigenvalue weighted by Crippen LogP contribution is -2.59. The lowest BCUT2D eigenvalue weighted by molar-refractivity contribution is 0.00978. The van der Waals surface area contributed by atoms with E-state index in [-0.39, 0.29) is 0 Å². The molecule has 0 amide bonds. The van der Waals surface area contributed by atoms with Gasteiger partial charge in [-0.2, -0.15) is 0 Å². The van der Waals surface area contributed by atoms with Gasteiger partial charge < -0.3 is 4.90 Å². The van der Waals surface area contributed by atoms with Crippen molar-refractivity contribution in [1.82, 2.24) is 9.80 Å². The summed E-state index contributed by atoms with van der Waals surface area (Å²) in [7, 11) is 0. The van der Waals surface area contributed by atoms with Gasteiger partial charge in [0.05, 0.1) is 0 Å². The zero-order chi connectivity index (χ0) is 15.6. The van der Waals surface area contributed by atoms with Crippen LogP contribution in [0.5, 0.6) is 0 Å². The maximum Gasteiger partial charge on any atom is 0.0280 e. The van der Waals surface area contributed by atoms with Gasteiger partial charge in [0.25, 0.3) is 0 Å². The number of rotatable bonds is 4. The van der Waals surface area contributed by atoms with Gasteiger partial charge in [-0.05, 0) is 50.6 Å². The Hall–Kier alpha value is -0.0800. The van der Waals surface area contributed by atoms with Crippen molar-refractivity contribution < 1.29 is 0 Å². The van der Waals surface area contributed by atoms with Gasteiger partial charge in [0.15, 0.2) is 0 Å². The van der Waals surface area contributed by atoms with Crippen LogP contribution in [-0.4, -0.2) is 48.1 Å². The Kier molecular flexibility index (Phi) is 5.71. The number of hydrogen-bond donors (Lipinski definition) is 0. The molecule has 0 N–H and O–H groups in total. The van der Waals surface area contributed by atoms with E-state index in [1.165, 1.54) is 45.6 Å². The third-order valence-electron chi connectivity index (χ3n) is 4.46. The molecule has 0 atom stereocenters. The van der Waals surface area contributed by atoms with Crippen molar-refractivity contribution in [3.63, 3.8) is 0 Å². The van der Waals surface area contributed by atoms with Crippen LogP contribution in [0, 0.1) is 10.8 Å². The Bertz CT molecular complexity index is 294. The maximum atomic E-state index is 2.70. The van der Waals surface area contributed by atoms with Crippen LogP contribution in [0.1, 0.15) is 68.2 Å². The van der Waals surface area contributed by atoms with Crippen molar-refractivity contribution in [2.24, 2.45) is 10.8 Å². The van der Waals surface area contributed by atoms with Crippen molar-refractivity contribution in [3.8, 4) is 0 Å². The molecule has 1 fully saturated rings. The van der Waals surface area contributed by atoms with E-state index in [0.29, 0.717) is 16.4 Å². The lowest BCUT2D eigenvalue weighted by atomic mass is 9.89. The predicted molar refractivity (Wildman–Crippen MR) is 90.2 cm³/mol. The van der Waals surface area contributed by atoms with Crippen LogP contribution < -0.4 is 0 Å². The SMILES string of the molecule is CC(C)(C)CCN1CCN(CCC(C)(C)C)C(C)(C)C1. The highest BCUT2D eigenvalue weighted by Gasteiger charge is 2.34. The van der Waals surface area contributed by atoms with Gasteiger partial charge in [0.2, 0.25) is 0 Å². The number of nitrogens with zero attached hydrogens (tertiary/aromatic N) is 2. The second-order valence-electron chi connectivity index (χ2n) is 9.70. The first kappa shape index (κ1) is 18.0. The van der Waals surface area contributed by atoms with Crippen LogP contribution in [0.25, 0.3) is 0 Å². The molecule has 0 aromatic carbocycles. The van der Waals surface area contributed by atoms with Crippen molar-refractivity contribution in [1.29, 1.82) is 0 Å².